The molecule has 0 bridgehead atoms. The van der Waals surface area contributed by atoms with Crippen molar-refractivity contribution in [2.45, 2.75) is 31.4 Å². The predicted molar refractivity (Wildman–Crippen MR) is 73.1 cm³/mol. The first-order chi connectivity index (χ1) is 10.1. The van der Waals surface area contributed by atoms with Crippen molar-refractivity contribution in [1.29, 1.82) is 0 Å². The van der Waals surface area contributed by atoms with Crippen LogP contribution in [0.4, 0.5) is 10.1 Å². The minimum absolute atomic E-state index is 0.174. The van der Waals surface area contributed by atoms with E-state index in [1.165, 1.54) is 24.3 Å². The monoisotopic (exact) mass is 293 g/mol. The summed E-state index contributed by atoms with van der Waals surface area (Å²) in [5.41, 5.74) is 0.430. The average molecular weight is 293 g/mol. The Hall–Kier alpha value is -1.79. The number of hydrogen-bond donors (Lipinski definition) is 1. The van der Waals surface area contributed by atoms with Crippen LogP contribution in [0.2, 0.25) is 0 Å². The summed E-state index contributed by atoms with van der Waals surface area (Å²) in [6.07, 6.45) is 2.42. The fraction of sp³-hybridized carbons (Fsp3) is 0.467. The van der Waals surface area contributed by atoms with Gasteiger partial charge in [0.15, 0.2) is 6.04 Å². The van der Waals surface area contributed by atoms with Gasteiger partial charge < -0.3 is 10.1 Å². The molecule has 112 valence electrons. The Morgan fingerprint density at radius 3 is 2.71 bits per heavy atom. The van der Waals surface area contributed by atoms with Crippen molar-refractivity contribution in [2.75, 3.05) is 18.1 Å². The average Bonchev–Trinajstić information content (AvgIpc) is 3.07. The number of halogens is 1. The molecule has 2 fully saturated rings. The Balaban J connectivity index is 1.65. The zero-order valence-electron chi connectivity index (χ0n) is 11.6. The fourth-order valence-electron chi connectivity index (χ4n) is 2.85. The van der Waals surface area contributed by atoms with Crippen molar-refractivity contribution in [2.24, 2.45) is 0 Å². The molecule has 3 rings (SSSR count). The zero-order chi connectivity index (χ0) is 14.8. The molecule has 1 aromatic carbocycles. The summed E-state index contributed by atoms with van der Waals surface area (Å²) in [6, 6.07) is 5.01. The second-order valence-corrected chi connectivity index (χ2v) is 5.46. The maximum absolute atomic E-state index is 12.9. The van der Waals surface area contributed by atoms with Gasteiger partial charge in [-0.2, -0.15) is 0 Å². The van der Waals surface area contributed by atoms with Crippen LogP contribution >= 0.6 is 0 Å². The van der Waals surface area contributed by atoms with Gasteiger partial charge in [0.25, 0.3) is 5.91 Å². The van der Waals surface area contributed by atoms with E-state index in [4.69, 9.17) is 4.74 Å². The lowest BCUT2D eigenvalue weighted by atomic mass is 10.2. The summed E-state index contributed by atoms with van der Waals surface area (Å²) in [5, 5.41) is 1.89. The number of nitrogens with zero attached hydrogens (tertiary/aromatic N) is 1. The zero-order valence-corrected chi connectivity index (χ0v) is 11.6. The van der Waals surface area contributed by atoms with Crippen LogP contribution < -0.4 is 10.2 Å². The maximum Gasteiger partial charge on any atom is 0.292 e. The Morgan fingerprint density at radius 2 is 2.05 bits per heavy atom. The Kier molecular flexibility index (Phi) is 3.98. The first kappa shape index (κ1) is 14.2. The van der Waals surface area contributed by atoms with Crippen LogP contribution in [0.25, 0.3) is 0 Å². The Bertz CT molecular complexity index is 540. The molecule has 5 nitrogen and oxygen atoms in total. The first-order valence-corrected chi connectivity index (χ1v) is 7.22. The molecule has 0 spiro atoms. The van der Waals surface area contributed by atoms with E-state index in [9.17, 15) is 14.0 Å². The van der Waals surface area contributed by atoms with Crippen LogP contribution in [0, 0.1) is 5.82 Å². The number of nitrogens with two attached hydrogens (primary N) is 1. The smallest absolute Gasteiger partial charge is 0.292 e. The van der Waals surface area contributed by atoms with Crippen molar-refractivity contribution in [1.82, 2.24) is 0 Å². The molecule has 0 aromatic heterocycles. The van der Waals surface area contributed by atoms with Gasteiger partial charge in [0.05, 0.1) is 12.1 Å². The standard InChI is InChI=1S/C15H17FN2O3/c16-10-3-5-11(6-4-10)18-14(19)8-13(15(18)20)17-9-12-2-1-7-21-12/h3-6,12-13,17H,1-2,7-9H2/p+1/t12-,13-/m1/s1. The summed E-state index contributed by atoms with van der Waals surface area (Å²) >= 11 is 0. The molecule has 2 aliphatic rings. The number of carbonyl (C=O) groups is 2. The number of anilines is 1. The van der Waals surface area contributed by atoms with Gasteiger partial charge in [0, 0.05) is 6.61 Å². The van der Waals surface area contributed by atoms with Crippen LogP contribution in [-0.2, 0) is 14.3 Å². The van der Waals surface area contributed by atoms with Gasteiger partial charge in [-0.15, -0.1) is 0 Å². The third-order valence-corrected chi connectivity index (χ3v) is 3.97. The van der Waals surface area contributed by atoms with E-state index in [0.717, 1.165) is 24.3 Å². The van der Waals surface area contributed by atoms with Gasteiger partial charge in [-0.25, -0.2) is 9.29 Å². The highest BCUT2D eigenvalue weighted by atomic mass is 19.1. The summed E-state index contributed by atoms with van der Waals surface area (Å²) in [5.74, 6) is -0.857. The minimum Gasteiger partial charge on any atom is -0.372 e. The summed E-state index contributed by atoms with van der Waals surface area (Å²) < 4.78 is 18.4. The topological polar surface area (TPSA) is 63.2 Å². The largest absolute Gasteiger partial charge is 0.372 e. The molecule has 0 aliphatic carbocycles. The summed E-state index contributed by atoms with van der Waals surface area (Å²) in [6.45, 7) is 1.47. The van der Waals surface area contributed by atoms with Crippen molar-refractivity contribution in [3.8, 4) is 0 Å². The molecular formula is C15H18FN2O3+. The van der Waals surface area contributed by atoms with Gasteiger partial charge in [-0.05, 0) is 37.1 Å². The molecule has 2 N–H and O–H groups in total. The molecule has 2 aliphatic heterocycles. The Morgan fingerprint density at radius 1 is 1.29 bits per heavy atom. The van der Waals surface area contributed by atoms with Gasteiger partial charge in [0.1, 0.15) is 18.5 Å². The van der Waals surface area contributed by atoms with Gasteiger partial charge >= 0.3 is 0 Å². The first-order valence-electron chi connectivity index (χ1n) is 7.22. The van der Waals surface area contributed by atoms with Gasteiger partial charge in [-0.1, -0.05) is 0 Å². The molecule has 1 aromatic rings. The van der Waals surface area contributed by atoms with Crippen molar-refractivity contribution in [3.05, 3.63) is 30.1 Å². The molecule has 0 saturated carbocycles. The number of carbonyl (C=O) groups excluding carboxylic acids is 2. The lowest BCUT2D eigenvalue weighted by molar-refractivity contribution is -0.680. The molecular weight excluding hydrogens is 275 g/mol. The molecule has 2 amide bonds. The van der Waals surface area contributed by atoms with E-state index in [-0.39, 0.29) is 30.2 Å². The van der Waals surface area contributed by atoms with Gasteiger partial charge in [0.2, 0.25) is 5.91 Å². The fourth-order valence-corrected chi connectivity index (χ4v) is 2.85. The molecule has 21 heavy (non-hydrogen) atoms. The molecule has 2 heterocycles. The van der Waals surface area contributed by atoms with Crippen molar-refractivity contribution >= 4 is 17.5 Å². The molecule has 0 unspecified atom stereocenters. The third kappa shape index (κ3) is 2.96. The number of amides is 2. The number of rotatable bonds is 4. The lowest BCUT2D eigenvalue weighted by Crippen LogP contribution is -2.93. The van der Waals surface area contributed by atoms with Crippen LogP contribution in [0.1, 0.15) is 19.3 Å². The summed E-state index contributed by atoms with van der Waals surface area (Å²) in [4.78, 5) is 25.5. The number of ether oxygens (including phenoxy) is 1. The number of benzene rings is 1. The highest BCUT2D eigenvalue weighted by Gasteiger charge is 2.42. The molecule has 2 saturated heterocycles. The van der Waals surface area contributed by atoms with E-state index < -0.39 is 6.04 Å². The third-order valence-electron chi connectivity index (χ3n) is 3.97. The van der Waals surface area contributed by atoms with Crippen molar-refractivity contribution in [3.63, 3.8) is 0 Å². The van der Waals surface area contributed by atoms with Crippen LogP contribution in [0.5, 0.6) is 0 Å². The molecule has 0 radical (unpaired) electrons. The van der Waals surface area contributed by atoms with E-state index in [1.54, 1.807) is 0 Å². The second-order valence-electron chi connectivity index (χ2n) is 5.46. The molecule has 2 atom stereocenters. The summed E-state index contributed by atoms with van der Waals surface area (Å²) in [7, 11) is 0. The number of quaternary nitrogens is 1. The predicted octanol–water partition coefficient (Wildman–Crippen LogP) is 0.200. The van der Waals surface area contributed by atoms with E-state index in [2.05, 4.69) is 0 Å². The quantitative estimate of drug-likeness (QED) is 0.807. The van der Waals surface area contributed by atoms with Crippen molar-refractivity contribution < 1.29 is 24.0 Å². The normalized spacial score (nSPS) is 25.9. The lowest BCUT2D eigenvalue weighted by Gasteiger charge is -2.15. The van der Waals surface area contributed by atoms with Gasteiger partial charge in [-0.3, -0.25) is 9.59 Å². The second kappa shape index (κ2) is 5.91. The highest BCUT2D eigenvalue weighted by molar-refractivity contribution is 6.21. The van der Waals surface area contributed by atoms with Crippen LogP contribution in [0.3, 0.4) is 0 Å². The maximum atomic E-state index is 12.9. The van der Waals surface area contributed by atoms with E-state index in [1.807, 2.05) is 5.32 Å². The number of hydrogen-bond acceptors (Lipinski definition) is 3. The number of imide groups is 1. The van der Waals surface area contributed by atoms with Crippen LogP contribution in [0.15, 0.2) is 24.3 Å². The van der Waals surface area contributed by atoms with E-state index >= 15 is 0 Å². The molecule has 6 heteroatoms. The minimum atomic E-state index is -0.397. The Labute approximate surface area is 122 Å². The van der Waals surface area contributed by atoms with Crippen LogP contribution in [-0.4, -0.2) is 37.1 Å². The highest BCUT2D eigenvalue weighted by Crippen LogP contribution is 2.21. The SMILES string of the molecule is O=C1C[C@@H]([NH2+]C[C@H]2CCCO2)C(=O)N1c1ccc(F)cc1. The van der Waals surface area contributed by atoms with E-state index in [0.29, 0.717) is 12.2 Å².